The van der Waals surface area contributed by atoms with Crippen molar-refractivity contribution in [3.8, 4) is 0 Å². The predicted octanol–water partition coefficient (Wildman–Crippen LogP) is 4.15. The van der Waals surface area contributed by atoms with Gasteiger partial charge in [0.1, 0.15) is 0 Å². The number of thiocarbonyl (C=S) groups is 1. The number of rotatable bonds is 3. The van der Waals surface area contributed by atoms with Crippen molar-refractivity contribution in [1.82, 2.24) is 5.32 Å². The average molecular weight is 318 g/mol. The molecule has 0 amide bonds. The normalized spacial score (nSPS) is 25.0. The summed E-state index contributed by atoms with van der Waals surface area (Å²) in [5.41, 5.74) is 2.41. The highest BCUT2D eigenvalue weighted by Crippen LogP contribution is 2.29. The minimum atomic E-state index is 0.521. The molecule has 1 aromatic carbocycles. The van der Waals surface area contributed by atoms with Crippen LogP contribution in [-0.2, 0) is 0 Å². The van der Waals surface area contributed by atoms with E-state index in [9.17, 15) is 0 Å². The monoisotopic (exact) mass is 317 g/mol. The average Bonchev–Trinajstić information content (AvgIpc) is 3.04. The minimum Gasteiger partial charge on any atom is -0.370 e. The summed E-state index contributed by atoms with van der Waals surface area (Å²) in [6, 6.07) is 9.03. The third kappa shape index (κ3) is 3.72. The zero-order chi connectivity index (χ0) is 15.4. The topological polar surface area (TPSA) is 27.3 Å². The first-order chi connectivity index (χ1) is 10.7. The maximum Gasteiger partial charge on any atom is 0.171 e. The van der Waals surface area contributed by atoms with Gasteiger partial charge in [-0.25, -0.2) is 0 Å². The van der Waals surface area contributed by atoms with Gasteiger partial charge in [-0.3, -0.25) is 0 Å². The van der Waals surface area contributed by atoms with Crippen molar-refractivity contribution < 1.29 is 0 Å². The Kier molecular flexibility index (Phi) is 5.19. The van der Waals surface area contributed by atoms with E-state index in [4.69, 9.17) is 12.2 Å². The van der Waals surface area contributed by atoms with Crippen LogP contribution in [0, 0.1) is 5.92 Å². The van der Waals surface area contributed by atoms with Gasteiger partial charge in [-0.2, -0.15) is 0 Å². The summed E-state index contributed by atoms with van der Waals surface area (Å²) in [4.78, 5) is 2.45. The molecule has 2 N–H and O–H groups in total. The van der Waals surface area contributed by atoms with Crippen LogP contribution in [0.1, 0.15) is 45.4 Å². The Hall–Kier alpha value is -1.29. The molecular weight excluding hydrogens is 290 g/mol. The third-order valence-electron chi connectivity index (χ3n) is 5.03. The second-order valence-corrected chi connectivity index (χ2v) is 7.09. The number of nitrogens with one attached hydrogen (secondary N) is 2. The van der Waals surface area contributed by atoms with Gasteiger partial charge in [0.05, 0.1) is 11.4 Å². The summed E-state index contributed by atoms with van der Waals surface area (Å²) in [5, 5.41) is 7.74. The van der Waals surface area contributed by atoms with Crippen molar-refractivity contribution in [2.45, 2.75) is 51.5 Å². The third-order valence-corrected chi connectivity index (χ3v) is 5.25. The fraction of sp³-hybridized carbons (Fsp3) is 0.611. The molecule has 0 radical (unpaired) electrons. The second-order valence-electron chi connectivity index (χ2n) is 6.68. The molecule has 1 heterocycles. The van der Waals surface area contributed by atoms with Crippen LogP contribution in [0.2, 0.25) is 0 Å². The summed E-state index contributed by atoms with van der Waals surface area (Å²) in [5.74, 6) is 0.710. The van der Waals surface area contributed by atoms with E-state index in [-0.39, 0.29) is 0 Å². The molecular formula is C18H27N3S. The fourth-order valence-electron chi connectivity index (χ4n) is 3.67. The summed E-state index contributed by atoms with van der Waals surface area (Å²) in [7, 11) is 0. The number of hydrogen-bond acceptors (Lipinski definition) is 2. The number of nitrogens with zero attached hydrogens (tertiary/aromatic N) is 1. The Bertz CT molecular complexity index is 511. The van der Waals surface area contributed by atoms with E-state index in [1.807, 2.05) is 0 Å². The highest BCUT2D eigenvalue weighted by molar-refractivity contribution is 7.80. The first-order valence-corrected chi connectivity index (χ1v) is 9.06. The summed E-state index contributed by atoms with van der Waals surface area (Å²) in [6.45, 7) is 4.63. The van der Waals surface area contributed by atoms with Crippen LogP contribution in [0.25, 0.3) is 0 Å². The van der Waals surface area contributed by atoms with Gasteiger partial charge in [-0.15, -0.1) is 0 Å². The van der Waals surface area contributed by atoms with Crippen molar-refractivity contribution in [1.29, 1.82) is 0 Å². The Labute approximate surface area is 139 Å². The van der Waals surface area contributed by atoms with Crippen molar-refractivity contribution in [3.05, 3.63) is 24.3 Å². The van der Waals surface area contributed by atoms with E-state index in [1.165, 1.54) is 44.2 Å². The first-order valence-electron chi connectivity index (χ1n) is 8.65. The van der Waals surface area contributed by atoms with Gasteiger partial charge in [-0.05, 0) is 56.0 Å². The summed E-state index contributed by atoms with van der Waals surface area (Å²) >= 11 is 5.56. The van der Waals surface area contributed by atoms with Gasteiger partial charge in [0.2, 0.25) is 0 Å². The van der Waals surface area contributed by atoms with Crippen LogP contribution in [0.15, 0.2) is 24.3 Å². The van der Waals surface area contributed by atoms with Gasteiger partial charge < -0.3 is 15.5 Å². The molecule has 1 aliphatic carbocycles. The molecule has 1 aromatic rings. The van der Waals surface area contributed by atoms with Gasteiger partial charge in [0, 0.05) is 19.1 Å². The molecule has 1 saturated carbocycles. The Morgan fingerprint density at radius 1 is 1.09 bits per heavy atom. The Morgan fingerprint density at radius 3 is 2.59 bits per heavy atom. The molecule has 3 rings (SSSR count). The molecule has 3 nitrogen and oxygen atoms in total. The maximum atomic E-state index is 5.56. The van der Waals surface area contributed by atoms with Gasteiger partial charge in [0.15, 0.2) is 5.11 Å². The standard InChI is InChI=1S/C18H27N3S/c1-14-8-2-3-9-15(14)19-18(22)20-16-10-4-5-11-17(16)21-12-6-7-13-21/h4-5,10-11,14-15H,2-3,6-9,12-13H2,1H3,(H2,19,20,22)/t14-,15+/m0/s1. The molecule has 2 atom stereocenters. The number of anilines is 2. The van der Waals surface area contributed by atoms with Gasteiger partial charge >= 0.3 is 0 Å². The van der Waals surface area contributed by atoms with Gasteiger partial charge in [-0.1, -0.05) is 31.9 Å². The lowest BCUT2D eigenvalue weighted by atomic mass is 9.86. The Balaban J connectivity index is 1.63. The molecule has 0 bridgehead atoms. The highest BCUT2D eigenvalue weighted by atomic mass is 32.1. The molecule has 1 aliphatic heterocycles. The van der Waals surface area contributed by atoms with Crippen LogP contribution in [0.5, 0.6) is 0 Å². The number of para-hydroxylation sites is 2. The molecule has 120 valence electrons. The van der Waals surface area contributed by atoms with E-state index in [2.05, 4.69) is 46.7 Å². The molecule has 22 heavy (non-hydrogen) atoms. The van der Waals surface area contributed by atoms with E-state index < -0.39 is 0 Å². The SMILES string of the molecule is C[C@H]1CCCC[C@H]1NC(=S)Nc1ccccc1N1CCCC1. The van der Waals surface area contributed by atoms with E-state index in [0.29, 0.717) is 12.0 Å². The lowest BCUT2D eigenvalue weighted by Gasteiger charge is -2.31. The van der Waals surface area contributed by atoms with Crippen LogP contribution >= 0.6 is 12.2 Å². The van der Waals surface area contributed by atoms with E-state index in [0.717, 1.165) is 23.9 Å². The second kappa shape index (κ2) is 7.32. The van der Waals surface area contributed by atoms with Crippen LogP contribution in [-0.4, -0.2) is 24.2 Å². The quantitative estimate of drug-likeness (QED) is 0.819. The van der Waals surface area contributed by atoms with Gasteiger partial charge in [0.25, 0.3) is 0 Å². The lowest BCUT2D eigenvalue weighted by molar-refractivity contribution is 0.309. The van der Waals surface area contributed by atoms with E-state index in [1.54, 1.807) is 0 Å². The minimum absolute atomic E-state index is 0.521. The fourth-order valence-corrected chi connectivity index (χ4v) is 3.93. The van der Waals surface area contributed by atoms with Crippen molar-refractivity contribution in [3.63, 3.8) is 0 Å². The van der Waals surface area contributed by atoms with Crippen LogP contribution in [0.4, 0.5) is 11.4 Å². The maximum absolute atomic E-state index is 5.56. The molecule has 2 fully saturated rings. The molecule has 2 aliphatic rings. The van der Waals surface area contributed by atoms with Crippen molar-refractivity contribution >= 4 is 28.7 Å². The van der Waals surface area contributed by atoms with Crippen molar-refractivity contribution in [2.75, 3.05) is 23.3 Å². The molecule has 0 spiro atoms. The smallest absolute Gasteiger partial charge is 0.171 e. The lowest BCUT2D eigenvalue weighted by Crippen LogP contribution is -2.43. The largest absolute Gasteiger partial charge is 0.370 e. The zero-order valence-corrected chi connectivity index (χ0v) is 14.3. The number of benzene rings is 1. The predicted molar refractivity (Wildman–Crippen MR) is 98.7 cm³/mol. The summed E-state index contributed by atoms with van der Waals surface area (Å²) in [6.07, 6.45) is 7.79. The van der Waals surface area contributed by atoms with Crippen LogP contribution < -0.4 is 15.5 Å². The first kappa shape index (κ1) is 15.6. The number of hydrogen-bond donors (Lipinski definition) is 2. The van der Waals surface area contributed by atoms with E-state index >= 15 is 0 Å². The van der Waals surface area contributed by atoms with Crippen molar-refractivity contribution in [2.24, 2.45) is 5.92 Å². The Morgan fingerprint density at radius 2 is 1.82 bits per heavy atom. The summed E-state index contributed by atoms with van der Waals surface area (Å²) < 4.78 is 0. The molecule has 0 unspecified atom stereocenters. The molecule has 1 saturated heterocycles. The highest BCUT2D eigenvalue weighted by Gasteiger charge is 2.22. The zero-order valence-electron chi connectivity index (χ0n) is 13.5. The molecule has 0 aromatic heterocycles. The van der Waals surface area contributed by atoms with Crippen LogP contribution in [0.3, 0.4) is 0 Å². The molecule has 4 heteroatoms.